The van der Waals surface area contributed by atoms with E-state index in [2.05, 4.69) is 4.98 Å². The second kappa shape index (κ2) is 5.34. The van der Waals surface area contributed by atoms with E-state index in [9.17, 15) is 4.79 Å². The summed E-state index contributed by atoms with van der Waals surface area (Å²) in [6.45, 7) is 3.01. The molecule has 5 nitrogen and oxygen atoms in total. The van der Waals surface area contributed by atoms with Crippen molar-refractivity contribution in [3.8, 4) is 0 Å². The fraction of sp³-hybridized carbons (Fsp3) is 0.412. The van der Waals surface area contributed by atoms with Crippen LogP contribution in [0, 0.1) is 0 Å². The maximum absolute atomic E-state index is 13.2. The van der Waals surface area contributed by atoms with Crippen LogP contribution < -0.4 is 0 Å². The molecule has 114 valence electrons. The summed E-state index contributed by atoms with van der Waals surface area (Å²) in [4.78, 5) is 19.3. The third-order valence-corrected chi connectivity index (χ3v) is 4.64. The number of amides is 1. The highest BCUT2D eigenvalue weighted by Crippen LogP contribution is 2.32. The number of benzene rings is 1. The van der Waals surface area contributed by atoms with E-state index >= 15 is 0 Å². The topological polar surface area (TPSA) is 51.7 Å². The Morgan fingerprint density at radius 2 is 2.05 bits per heavy atom. The van der Waals surface area contributed by atoms with Crippen molar-refractivity contribution in [2.24, 2.45) is 0 Å². The van der Waals surface area contributed by atoms with Gasteiger partial charge < -0.3 is 14.4 Å². The number of nitrogens with zero attached hydrogens (tertiary/aromatic N) is 2. The first-order valence-electron chi connectivity index (χ1n) is 7.60. The molecule has 0 radical (unpaired) electrons. The summed E-state index contributed by atoms with van der Waals surface area (Å²) in [5, 5.41) is 1.93. The number of ether oxygens (including phenoxy) is 2. The van der Waals surface area contributed by atoms with E-state index in [1.165, 1.54) is 0 Å². The molecule has 1 aromatic carbocycles. The quantitative estimate of drug-likeness (QED) is 0.806. The molecule has 1 amide bonds. The van der Waals surface area contributed by atoms with Crippen molar-refractivity contribution in [1.29, 1.82) is 0 Å². The van der Waals surface area contributed by atoms with Gasteiger partial charge in [-0.05, 0) is 23.9 Å². The van der Waals surface area contributed by atoms with Gasteiger partial charge in [0.05, 0.1) is 25.4 Å². The minimum atomic E-state index is -0.301. The summed E-state index contributed by atoms with van der Waals surface area (Å²) in [7, 11) is 0. The molecule has 2 saturated heterocycles. The normalized spacial score (nSPS) is 25.0. The lowest BCUT2D eigenvalue weighted by atomic mass is 9.94. The molecular weight excluding hydrogens is 280 g/mol. The van der Waals surface area contributed by atoms with E-state index < -0.39 is 0 Å². The highest BCUT2D eigenvalue weighted by atomic mass is 16.5. The molecule has 0 N–H and O–H groups in total. The summed E-state index contributed by atoms with van der Waals surface area (Å²) in [6, 6.07) is 7.69. The summed E-state index contributed by atoms with van der Waals surface area (Å²) < 4.78 is 11.2. The van der Waals surface area contributed by atoms with Gasteiger partial charge in [-0.15, -0.1) is 0 Å². The summed E-state index contributed by atoms with van der Waals surface area (Å²) >= 11 is 0. The van der Waals surface area contributed by atoms with Gasteiger partial charge in [-0.25, -0.2) is 0 Å². The Morgan fingerprint density at radius 3 is 2.91 bits per heavy atom. The predicted octanol–water partition coefficient (Wildman–Crippen LogP) is 1.87. The van der Waals surface area contributed by atoms with Crippen molar-refractivity contribution in [3.63, 3.8) is 0 Å². The Morgan fingerprint density at radius 1 is 1.18 bits per heavy atom. The smallest absolute Gasteiger partial charge is 0.255 e. The molecule has 0 aliphatic carbocycles. The molecule has 2 aromatic rings. The van der Waals surface area contributed by atoms with Crippen LogP contribution in [-0.2, 0) is 9.47 Å². The van der Waals surface area contributed by atoms with Gasteiger partial charge in [0.2, 0.25) is 0 Å². The molecule has 2 fully saturated rings. The highest BCUT2D eigenvalue weighted by Gasteiger charge is 2.45. The van der Waals surface area contributed by atoms with Crippen LogP contribution in [0.5, 0.6) is 0 Å². The van der Waals surface area contributed by atoms with Crippen LogP contribution in [0.15, 0.2) is 36.7 Å². The SMILES string of the molecule is O=C(c1cccc2cnccc12)N1CCOCC12CCOC2. The summed E-state index contributed by atoms with van der Waals surface area (Å²) in [6.07, 6.45) is 4.36. The number of carbonyl (C=O) groups excluding carboxylic acids is 1. The van der Waals surface area contributed by atoms with Gasteiger partial charge >= 0.3 is 0 Å². The molecule has 2 aliphatic heterocycles. The van der Waals surface area contributed by atoms with Crippen molar-refractivity contribution >= 4 is 16.7 Å². The van der Waals surface area contributed by atoms with Gasteiger partial charge in [-0.2, -0.15) is 0 Å². The maximum atomic E-state index is 13.2. The summed E-state index contributed by atoms with van der Waals surface area (Å²) in [5.74, 6) is 0.0607. The minimum Gasteiger partial charge on any atom is -0.379 e. The van der Waals surface area contributed by atoms with Crippen LogP contribution in [0.4, 0.5) is 0 Å². The monoisotopic (exact) mass is 298 g/mol. The first-order chi connectivity index (χ1) is 10.8. The van der Waals surface area contributed by atoms with Crippen molar-refractivity contribution in [2.45, 2.75) is 12.0 Å². The van der Waals surface area contributed by atoms with Crippen LogP contribution in [-0.4, -0.2) is 54.3 Å². The van der Waals surface area contributed by atoms with E-state index in [0.717, 1.165) is 22.8 Å². The molecule has 0 saturated carbocycles. The molecule has 3 heterocycles. The van der Waals surface area contributed by atoms with E-state index in [1.54, 1.807) is 12.4 Å². The number of fused-ring (bicyclic) bond motifs is 1. The maximum Gasteiger partial charge on any atom is 0.255 e. The van der Waals surface area contributed by atoms with Gasteiger partial charge in [0.25, 0.3) is 5.91 Å². The van der Waals surface area contributed by atoms with Gasteiger partial charge in [-0.1, -0.05) is 12.1 Å². The van der Waals surface area contributed by atoms with Crippen molar-refractivity contribution in [1.82, 2.24) is 9.88 Å². The largest absolute Gasteiger partial charge is 0.379 e. The molecule has 2 aliphatic rings. The second-order valence-electron chi connectivity index (χ2n) is 5.94. The van der Waals surface area contributed by atoms with Crippen molar-refractivity contribution < 1.29 is 14.3 Å². The average molecular weight is 298 g/mol. The van der Waals surface area contributed by atoms with E-state index in [4.69, 9.17) is 9.47 Å². The van der Waals surface area contributed by atoms with Gasteiger partial charge in [-0.3, -0.25) is 9.78 Å². The second-order valence-corrected chi connectivity index (χ2v) is 5.94. The van der Waals surface area contributed by atoms with Gasteiger partial charge in [0, 0.05) is 36.5 Å². The number of carbonyl (C=O) groups is 1. The zero-order valence-corrected chi connectivity index (χ0v) is 12.3. The lowest BCUT2D eigenvalue weighted by Gasteiger charge is -2.43. The summed E-state index contributed by atoms with van der Waals surface area (Å²) in [5.41, 5.74) is 0.429. The van der Waals surface area contributed by atoms with Crippen LogP contribution in [0.25, 0.3) is 10.8 Å². The van der Waals surface area contributed by atoms with Gasteiger partial charge in [0.1, 0.15) is 0 Å². The molecule has 22 heavy (non-hydrogen) atoms. The number of hydrogen-bond acceptors (Lipinski definition) is 4. The standard InChI is InChI=1S/C17H18N2O3/c20-16(15-3-1-2-13-10-18-6-4-14(13)15)19-7-9-22-12-17(19)5-8-21-11-17/h1-4,6,10H,5,7-9,11-12H2. The Hall–Kier alpha value is -1.98. The lowest BCUT2D eigenvalue weighted by molar-refractivity contribution is -0.0550. The lowest BCUT2D eigenvalue weighted by Crippen LogP contribution is -2.59. The molecule has 0 bridgehead atoms. The Balaban J connectivity index is 1.76. The molecule has 1 spiro atoms. The highest BCUT2D eigenvalue weighted by molar-refractivity contribution is 6.07. The van der Waals surface area contributed by atoms with E-state index in [-0.39, 0.29) is 11.4 Å². The van der Waals surface area contributed by atoms with Gasteiger partial charge in [0.15, 0.2) is 0 Å². The third kappa shape index (κ3) is 2.09. The number of pyridine rings is 1. The Labute approximate surface area is 128 Å². The third-order valence-electron chi connectivity index (χ3n) is 4.64. The van der Waals surface area contributed by atoms with Crippen LogP contribution in [0.2, 0.25) is 0 Å². The molecule has 1 atom stereocenters. The zero-order chi connectivity index (χ0) is 15.0. The molecule has 4 rings (SSSR count). The molecule has 1 unspecified atom stereocenters. The average Bonchev–Trinajstić information content (AvgIpc) is 3.03. The fourth-order valence-corrected chi connectivity index (χ4v) is 3.43. The van der Waals surface area contributed by atoms with Crippen LogP contribution in [0.1, 0.15) is 16.8 Å². The van der Waals surface area contributed by atoms with Crippen LogP contribution >= 0.6 is 0 Å². The molecular formula is C17H18N2O3. The Bertz CT molecular complexity index is 705. The number of hydrogen-bond donors (Lipinski definition) is 0. The first kappa shape index (κ1) is 13.7. The van der Waals surface area contributed by atoms with Crippen molar-refractivity contribution in [2.75, 3.05) is 33.0 Å². The minimum absolute atomic E-state index is 0.0607. The Kier molecular flexibility index (Phi) is 3.32. The number of rotatable bonds is 1. The van der Waals surface area contributed by atoms with E-state index in [0.29, 0.717) is 33.0 Å². The zero-order valence-electron chi connectivity index (χ0n) is 12.3. The fourth-order valence-electron chi connectivity index (χ4n) is 3.43. The number of aromatic nitrogens is 1. The predicted molar refractivity (Wildman–Crippen MR) is 81.8 cm³/mol. The van der Waals surface area contributed by atoms with Crippen LogP contribution in [0.3, 0.4) is 0 Å². The van der Waals surface area contributed by atoms with Crippen molar-refractivity contribution in [3.05, 3.63) is 42.2 Å². The molecule has 5 heteroatoms. The number of morpholine rings is 1. The van der Waals surface area contributed by atoms with E-state index in [1.807, 2.05) is 29.2 Å². The molecule has 1 aromatic heterocycles. The first-order valence-corrected chi connectivity index (χ1v) is 7.60.